The Labute approximate surface area is 116 Å². The predicted molar refractivity (Wildman–Crippen MR) is 67.2 cm³/mol. The van der Waals surface area contributed by atoms with E-state index in [0.717, 1.165) is 4.90 Å². The van der Waals surface area contributed by atoms with Crippen LogP contribution in [0.25, 0.3) is 0 Å². The molecular weight excluding hydrogens is 321 g/mol. The van der Waals surface area contributed by atoms with Gasteiger partial charge in [-0.25, -0.2) is 9.18 Å². The van der Waals surface area contributed by atoms with E-state index in [1.165, 1.54) is 18.2 Å². The third-order valence-corrected chi connectivity index (χ3v) is 3.62. The molecule has 2 atom stereocenters. The fourth-order valence-corrected chi connectivity index (χ4v) is 2.46. The van der Waals surface area contributed by atoms with Gasteiger partial charge >= 0.3 is 5.97 Å². The molecule has 1 aromatic rings. The Kier molecular flexibility index (Phi) is 3.86. The lowest BCUT2D eigenvalue weighted by molar-refractivity contribution is -0.141. The molecule has 1 fully saturated rings. The standard InChI is InChI=1S/C12H11BrFNO4/c13-8-3-1-2-7(10(8)14)11(17)15-5-6(16)4-9(15)12(18)19/h1-3,6,9,16H,4-5H2,(H,18,19). The first-order chi connectivity index (χ1) is 8.91. The molecule has 5 nitrogen and oxygen atoms in total. The number of hydrogen-bond donors (Lipinski definition) is 2. The average molecular weight is 332 g/mol. The summed E-state index contributed by atoms with van der Waals surface area (Å²) in [4.78, 5) is 24.2. The summed E-state index contributed by atoms with van der Waals surface area (Å²) in [7, 11) is 0. The van der Waals surface area contributed by atoms with E-state index in [9.17, 15) is 19.1 Å². The number of carbonyl (C=O) groups is 2. The van der Waals surface area contributed by atoms with Gasteiger partial charge in [0, 0.05) is 13.0 Å². The molecule has 1 aliphatic rings. The normalized spacial score (nSPS) is 22.6. The molecule has 2 unspecified atom stereocenters. The highest BCUT2D eigenvalue weighted by Gasteiger charge is 2.39. The van der Waals surface area contributed by atoms with Crippen LogP contribution in [0, 0.1) is 5.82 Å². The first-order valence-electron chi connectivity index (χ1n) is 5.57. The lowest BCUT2D eigenvalue weighted by atomic mass is 10.1. The minimum atomic E-state index is -1.21. The number of halogens is 2. The Hall–Kier alpha value is -1.47. The van der Waals surface area contributed by atoms with Crippen LogP contribution in [-0.2, 0) is 4.79 Å². The number of hydrogen-bond acceptors (Lipinski definition) is 3. The van der Waals surface area contributed by atoms with Crippen LogP contribution in [0.5, 0.6) is 0 Å². The number of likely N-dealkylation sites (tertiary alicyclic amines) is 1. The summed E-state index contributed by atoms with van der Waals surface area (Å²) in [6.45, 7) is -0.109. The van der Waals surface area contributed by atoms with Gasteiger partial charge in [0.05, 0.1) is 16.1 Å². The Morgan fingerprint density at radius 2 is 2.11 bits per heavy atom. The van der Waals surface area contributed by atoms with Gasteiger partial charge in [-0.05, 0) is 28.1 Å². The van der Waals surface area contributed by atoms with Crippen LogP contribution in [0.1, 0.15) is 16.8 Å². The maximum atomic E-state index is 13.8. The summed E-state index contributed by atoms with van der Waals surface area (Å²) in [6.07, 6.45) is -0.947. The second-order valence-corrected chi connectivity index (χ2v) is 5.16. The molecule has 1 saturated heterocycles. The molecule has 19 heavy (non-hydrogen) atoms. The molecule has 0 aromatic heterocycles. The van der Waals surface area contributed by atoms with Crippen molar-refractivity contribution in [2.75, 3.05) is 6.54 Å². The number of β-amino-alcohol motifs (C(OH)–C–C–N with tert-alkyl or cyclic N) is 1. The third-order valence-electron chi connectivity index (χ3n) is 3.01. The molecule has 2 N–H and O–H groups in total. The van der Waals surface area contributed by atoms with Gasteiger partial charge in [-0.2, -0.15) is 0 Å². The topological polar surface area (TPSA) is 77.8 Å². The summed E-state index contributed by atoms with van der Waals surface area (Å²) in [6, 6.07) is 3.09. The van der Waals surface area contributed by atoms with Crippen molar-refractivity contribution in [1.82, 2.24) is 4.90 Å². The molecule has 1 aliphatic heterocycles. The number of rotatable bonds is 2. The van der Waals surface area contributed by atoms with Crippen molar-refractivity contribution in [2.45, 2.75) is 18.6 Å². The monoisotopic (exact) mass is 331 g/mol. The number of aliphatic hydroxyl groups excluding tert-OH is 1. The van der Waals surface area contributed by atoms with Gasteiger partial charge in [-0.3, -0.25) is 4.79 Å². The van der Waals surface area contributed by atoms with Gasteiger partial charge in [-0.1, -0.05) is 6.07 Å². The number of carboxylic acid groups (broad SMARTS) is 1. The third kappa shape index (κ3) is 2.62. The fraction of sp³-hybridized carbons (Fsp3) is 0.333. The molecule has 1 aromatic carbocycles. The lowest BCUT2D eigenvalue weighted by Crippen LogP contribution is -2.41. The van der Waals surface area contributed by atoms with Crippen LogP contribution in [0.4, 0.5) is 4.39 Å². The van der Waals surface area contributed by atoms with Crippen LogP contribution in [0.2, 0.25) is 0 Å². The van der Waals surface area contributed by atoms with E-state index in [1.54, 1.807) is 0 Å². The van der Waals surface area contributed by atoms with Gasteiger partial charge in [0.25, 0.3) is 5.91 Å². The molecule has 0 saturated carbocycles. The molecule has 102 valence electrons. The maximum absolute atomic E-state index is 13.8. The highest BCUT2D eigenvalue weighted by molar-refractivity contribution is 9.10. The summed E-state index contributed by atoms with van der Waals surface area (Å²) < 4.78 is 14.0. The molecule has 1 amide bonds. The van der Waals surface area contributed by atoms with Crippen molar-refractivity contribution in [3.05, 3.63) is 34.1 Å². The Bertz CT molecular complexity index is 536. The van der Waals surface area contributed by atoms with Crippen molar-refractivity contribution in [3.8, 4) is 0 Å². The second kappa shape index (κ2) is 5.26. The second-order valence-electron chi connectivity index (χ2n) is 4.30. The minimum absolute atomic E-state index is 0.0449. The first-order valence-corrected chi connectivity index (χ1v) is 6.37. The Balaban J connectivity index is 2.33. The van der Waals surface area contributed by atoms with Gasteiger partial charge in [0.15, 0.2) is 0 Å². The molecular formula is C12H11BrFNO4. The summed E-state index contributed by atoms with van der Waals surface area (Å²) in [5.41, 5.74) is -0.213. The van der Waals surface area contributed by atoms with E-state index in [-0.39, 0.29) is 23.0 Å². The van der Waals surface area contributed by atoms with Crippen molar-refractivity contribution in [2.24, 2.45) is 0 Å². The molecule has 0 bridgehead atoms. The highest BCUT2D eigenvalue weighted by atomic mass is 79.9. The first kappa shape index (κ1) is 14.0. The lowest BCUT2D eigenvalue weighted by Gasteiger charge is -2.21. The fourth-order valence-electron chi connectivity index (χ4n) is 2.10. The largest absolute Gasteiger partial charge is 0.480 e. The van der Waals surface area contributed by atoms with E-state index in [0.29, 0.717) is 0 Å². The zero-order chi connectivity index (χ0) is 14.2. The number of nitrogens with zero attached hydrogens (tertiary/aromatic N) is 1. The van der Waals surface area contributed by atoms with Crippen molar-refractivity contribution >= 4 is 27.8 Å². The molecule has 0 spiro atoms. The predicted octanol–water partition coefficient (Wildman–Crippen LogP) is 1.25. The highest BCUT2D eigenvalue weighted by Crippen LogP contribution is 2.24. The molecule has 7 heteroatoms. The van der Waals surface area contributed by atoms with Crippen molar-refractivity contribution in [1.29, 1.82) is 0 Å². The van der Waals surface area contributed by atoms with Crippen LogP contribution < -0.4 is 0 Å². The van der Waals surface area contributed by atoms with Gasteiger partial charge < -0.3 is 15.1 Å². The Morgan fingerprint density at radius 3 is 2.74 bits per heavy atom. The number of carboxylic acids is 1. The quantitative estimate of drug-likeness (QED) is 0.854. The van der Waals surface area contributed by atoms with Crippen molar-refractivity contribution in [3.63, 3.8) is 0 Å². The van der Waals surface area contributed by atoms with Crippen molar-refractivity contribution < 1.29 is 24.2 Å². The zero-order valence-electron chi connectivity index (χ0n) is 9.72. The average Bonchev–Trinajstić information content (AvgIpc) is 2.74. The summed E-state index contributed by atoms with van der Waals surface area (Å²) >= 11 is 2.97. The van der Waals surface area contributed by atoms with E-state index < -0.39 is 29.8 Å². The molecule has 1 heterocycles. The number of aliphatic carboxylic acids is 1. The van der Waals surface area contributed by atoms with E-state index in [2.05, 4.69) is 15.9 Å². The Morgan fingerprint density at radius 1 is 1.42 bits per heavy atom. The number of carbonyl (C=O) groups excluding carboxylic acids is 1. The number of amides is 1. The van der Waals surface area contributed by atoms with Gasteiger partial charge in [0.2, 0.25) is 0 Å². The van der Waals surface area contributed by atoms with E-state index in [4.69, 9.17) is 5.11 Å². The van der Waals surface area contributed by atoms with Crippen LogP contribution in [-0.4, -0.2) is 45.7 Å². The smallest absolute Gasteiger partial charge is 0.326 e. The minimum Gasteiger partial charge on any atom is -0.480 e. The van der Waals surface area contributed by atoms with Gasteiger partial charge in [-0.15, -0.1) is 0 Å². The number of aliphatic hydroxyl groups is 1. The van der Waals surface area contributed by atoms with Crippen LogP contribution in [0.15, 0.2) is 22.7 Å². The molecule has 0 radical (unpaired) electrons. The van der Waals surface area contributed by atoms with E-state index in [1.807, 2.05) is 0 Å². The molecule has 0 aliphatic carbocycles. The maximum Gasteiger partial charge on any atom is 0.326 e. The molecule has 2 rings (SSSR count). The summed E-state index contributed by atoms with van der Waals surface area (Å²) in [5, 5.41) is 18.5. The van der Waals surface area contributed by atoms with E-state index >= 15 is 0 Å². The number of benzene rings is 1. The van der Waals surface area contributed by atoms with Crippen LogP contribution in [0.3, 0.4) is 0 Å². The zero-order valence-corrected chi connectivity index (χ0v) is 11.3. The van der Waals surface area contributed by atoms with Crippen LogP contribution >= 0.6 is 15.9 Å². The van der Waals surface area contributed by atoms with Gasteiger partial charge in [0.1, 0.15) is 11.9 Å². The SMILES string of the molecule is O=C(O)C1CC(O)CN1C(=O)c1cccc(Br)c1F. The summed E-state index contributed by atoms with van der Waals surface area (Å²) in [5.74, 6) is -2.68.